The van der Waals surface area contributed by atoms with Crippen LogP contribution in [-0.2, 0) is 16.1 Å². The van der Waals surface area contributed by atoms with E-state index in [1.807, 2.05) is 0 Å². The van der Waals surface area contributed by atoms with E-state index in [2.05, 4.69) is 14.9 Å². The molecule has 1 aromatic rings. The molecule has 0 saturated heterocycles. The summed E-state index contributed by atoms with van der Waals surface area (Å²) in [5, 5.41) is 7.27. The van der Waals surface area contributed by atoms with Crippen molar-refractivity contribution in [3.8, 4) is 0 Å². The molecule has 0 fully saturated rings. The first-order chi connectivity index (χ1) is 4.93. The van der Waals surface area contributed by atoms with Crippen molar-refractivity contribution in [2.75, 3.05) is 0 Å². The zero-order valence-electron chi connectivity index (χ0n) is 5.23. The van der Waals surface area contributed by atoms with E-state index in [0.717, 1.165) is 0 Å². The summed E-state index contributed by atoms with van der Waals surface area (Å²) in [5.74, 6) is 0. The summed E-state index contributed by atoms with van der Waals surface area (Å²) in [6.45, 7) is 0.575. The number of hydrogen-bond acceptors (Lipinski definition) is 4. The second kappa shape index (κ2) is 3.55. The predicted molar refractivity (Wildman–Crippen MR) is 32.9 cm³/mol. The van der Waals surface area contributed by atoms with Gasteiger partial charge in [-0.1, -0.05) is 0 Å². The standard InChI is InChI=1S/C6H6N2O2/c9-5-10-4-6-2-1-3-7-8-6/h1-3,5H,4H2. The molecule has 4 nitrogen and oxygen atoms in total. The van der Waals surface area contributed by atoms with Crippen molar-refractivity contribution in [2.24, 2.45) is 0 Å². The zero-order valence-corrected chi connectivity index (χ0v) is 5.23. The molecule has 0 amide bonds. The van der Waals surface area contributed by atoms with E-state index in [-0.39, 0.29) is 6.61 Å². The Labute approximate surface area is 57.8 Å². The van der Waals surface area contributed by atoms with Crippen LogP contribution in [0, 0.1) is 0 Å². The van der Waals surface area contributed by atoms with Crippen molar-refractivity contribution in [2.45, 2.75) is 6.61 Å². The van der Waals surface area contributed by atoms with Gasteiger partial charge in [-0.2, -0.15) is 10.2 Å². The van der Waals surface area contributed by atoms with E-state index in [4.69, 9.17) is 0 Å². The topological polar surface area (TPSA) is 52.1 Å². The summed E-state index contributed by atoms with van der Waals surface area (Å²) in [5.41, 5.74) is 0.648. The highest BCUT2D eigenvalue weighted by Gasteiger charge is 1.90. The van der Waals surface area contributed by atoms with Gasteiger partial charge >= 0.3 is 0 Å². The van der Waals surface area contributed by atoms with Crippen LogP contribution in [0.5, 0.6) is 0 Å². The maximum atomic E-state index is 9.71. The van der Waals surface area contributed by atoms with Crippen molar-refractivity contribution in [1.29, 1.82) is 0 Å². The third-order valence-electron chi connectivity index (χ3n) is 0.927. The van der Waals surface area contributed by atoms with Gasteiger partial charge in [-0.3, -0.25) is 4.79 Å². The molecule has 0 atom stereocenters. The first-order valence-electron chi connectivity index (χ1n) is 2.75. The first kappa shape index (κ1) is 6.67. The van der Waals surface area contributed by atoms with Crippen LogP contribution in [0.2, 0.25) is 0 Å². The highest BCUT2D eigenvalue weighted by atomic mass is 16.5. The van der Waals surface area contributed by atoms with Gasteiger partial charge < -0.3 is 4.74 Å². The van der Waals surface area contributed by atoms with Crippen LogP contribution in [0.15, 0.2) is 18.3 Å². The van der Waals surface area contributed by atoms with Crippen LogP contribution in [-0.4, -0.2) is 16.7 Å². The molecule has 4 heteroatoms. The quantitative estimate of drug-likeness (QED) is 0.558. The summed E-state index contributed by atoms with van der Waals surface area (Å²) in [6, 6.07) is 3.47. The van der Waals surface area contributed by atoms with Crippen molar-refractivity contribution in [3.05, 3.63) is 24.0 Å². The Morgan fingerprint density at radius 2 is 2.60 bits per heavy atom. The van der Waals surface area contributed by atoms with Crippen molar-refractivity contribution < 1.29 is 9.53 Å². The van der Waals surface area contributed by atoms with E-state index in [0.29, 0.717) is 12.2 Å². The van der Waals surface area contributed by atoms with Gasteiger partial charge in [-0.25, -0.2) is 0 Å². The van der Waals surface area contributed by atoms with Gasteiger partial charge in [0.05, 0.1) is 0 Å². The molecule has 0 aliphatic carbocycles. The molecular weight excluding hydrogens is 132 g/mol. The Balaban J connectivity index is 2.50. The molecule has 0 aliphatic rings. The Kier molecular flexibility index (Phi) is 2.37. The molecule has 0 radical (unpaired) electrons. The SMILES string of the molecule is O=COCc1cccnn1. The number of nitrogens with zero attached hydrogens (tertiary/aromatic N) is 2. The molecule has 0 aromatic carbocycles. The van der Waals surface area contributed by atoms with Gasteiger partial charge in [0.1, 0.15) is 12.3 Å². The summed E-state index contributed by atoms with van der Waals surface area (Å²) >= 11 is 0. The van der Waals surface area contributed by atoms with Crippen LogP contribution in [0.3, 0.4) is 0 Å². The Bertz CT molecular complexity index is 200. The lowest BCUT2D eigenvalue weighted by Gasteiger charge is -1.93. The van der Waals surface area contributed by atoms with Crippen LogP contribution >= 0.6 is 0 Å². The fraction of sp³-hybridized carbons (Fsp3) is 0.167. The van der Waals surface area contributed by atoms with Crippen molar-refractivity contribution >= 4 is 6.47 Å². The van der Waals surface area contributed by atoms with E-state index < -0.39 is 0 Å². The van der Waals surface area contributed by atoms with Gasteiger partial charge in [-0.05, 0) is 12.1 Å². The molecular formula is C6H6N2O2. The van der Waals surface area contributed by atoms with Gasteiger partial charge in [-0.15, -0.1) is 0 Å². The summed E-state index contributed by atoms with van der Waals surface area (Å²) < 4.78 is 4.44. The lowest BCUT2D eigenvalue weighted by molar-refractivity contribution is -0.129. The van der Waals surface area contributed by atoms with E-state index in [9.17, 15) is 4.79 Å². The third kappa shape index (κ3) is 1.81. The molecule has 1 aromatic heterocycles. The van der Waals surface area contributed by atoms with Crippen LogP contribution in [0.25, 0.3) is 0 Å². The van der Waals surface area contributed by atoms with Crippen LogP contribution in [0.1, 0.15) is 5.69 Å². The maximum Gasteiger partial charge on any atom is 0.293 e. The van der Waals surface area contributed by atoms with Gasteiger partial charge in [0.25, 0.3) is 6.47 Å². The largest absolute Gasteiger partial charge is 0.461 e. The average Bonchev–Trinajstić information content (AvgIpc) is 2.03. The summed E-state index contributed by atoms with van der Waals surface area (Å²) in [4.78, 5) is 9.71. The predicted octanol–water partition coefficient (Wildman–Crippen LogP) is 0.150. The molecule has 1 rings (SSSR count). The maximum absolute atomic E-state index is 9.71. The van der Waals surface area contributed by atoms with E-state index in [1.54, 1.807) is 18.3 Å². The second-order valence-corrected chi connectivity index (χ2v) is 1.62. The second-order valence-electron chi connectivity index (χ2n) is 1.62. The van der Waals surface area contributed by atoms with Crippen molar-refractivity contribution in [1.82, 2.24) is 10.2 Å². The monoisotopic (exact) mass is 138 g/mol. The number of ether oxygens (including phenoxy) is 1. The highest BCUT2D eigenvalue weighted by Crippen LogP contribution is 1.91. The zero-order chi connectivity index (χ0) is 7.23. The normalized spacial score (nSPS) is 8.80. The number of rotatable bonds is 3. The van der Waals surface area contributed by atoms with Gasteiger partial charge in [0, 0.05) is 6.20 Å². The molecule has 10 heavy (non-hydrogen) atoms. The smallest absolute Gasteiger partial charge is 0.293 e. The number of aromatic nitrogens is 2. The molecule has 0 N–H and O–H groups in total. The number of carbonyl (C=O) groups is 1. The Morgan fingerprint density at radius 3 is 3.20 bits per heavy atom. The third-order valence-corrected chi connectivity index (χ3v) is 0.927. The molecule has 1 heterocycles. The minimum absolute atomic E-state index is 0.192. The van der Waals surface area contributed by atoms with E-state index >= 15 is 0 Å². The highest BCUT2D eigenvalue weighted by molar-refractivity contribution is 5.37. The molecule has 0 bridgehead atoms. The average molecular weight is 138 g/mol. The number of hydrogen-bond donors (Lipinski definition) is 0. The number of carbonyl (C=O) groups excluding carboxylic acids is 1. The fourth-order valence-corrected chi connectivity index (χ4v) is 0.530. The lowest BCUT2D eigenvalue weighted by atomic mass is 10.4. The molecule has 0 spiro atoms. The van der Waals surface area contributed by atoms with Crippen LogP contribution in [0.4, 0.5) is 0 Å². The van der Waals surface area contributed by atoms with E-state index in [1.165, 1.54) is 0 Å². The summed E-state index contributed by atoms with van der Waals surface area (Å²) in [6.07, 6.45) is 1.56. The molecule has 0 unspecified atom stereocenters. The molecule has 52 valence electrons. The first-order valence-corrected chi connectivity index (χ1v) is 2.75. The van der Waals surface area contributed by atoms with Gasteiger partial charge in [0.15, 0.2) is 0 Å². The Morgan fingerprint density at radius 1 is 1.70 bits per heavy atom. The van der Waals surface area contributed by atoms with Crippen LogP contribution < -0.4 is 0 Å². The van der Waals surface area contributed by atoms with Crippen molar-refractivity contribution in [3.63, 3.8) is 0 Å². The summed E-state index contributed by atoms with van der Waals surface area (Å²) in [7, 11) is 0. The minimum Gasteiger partial charge on any atom is -0.461 e. The molecule has 0 aliphatic heterocycles. The Hall–Kier alpha value is -1.45. The van der Waals surface area contributed by atoms with Gasteiger partial charge in [0.2, 0.25) is 0 Å². The fourth-order valence-electron chi connectivity index (χ4n) is 0.530. The minimum atomic E-state index is 0.192. The molecule has 0 saturated carbocycles. The lowest BCUT2D eigenvalue weighted by Crippen LogP contribution is -1.94.